The molecule has 0 saturated heterocycles. The Bertz CT molecular complexity index is 1660. The first-order valence-corrected chi connectivity index (χ1v) is 11.3. The third kappa shape index (κ3) is 4.44. The van der Waals surface area contributed by atoms with E-state index in [-0.39, 0.29) is 27.7 Å². The maximum atomic E-state index is 9.70. The van der Waals surface area contributed by atoms with Crippen LogP contribution in [0.15, 0.2) is 91.3 Å². The molecule has 3 aromatic heterocycles. The quantitative estimate of drug-likeness (QED) is 0.219. The van der Waals surface area contributed by atoms with Crippen molar-refractivity contribution in [1.82, 2.24) is 14.5 Å². The van der Waals surface area contributed by atoms with Crippen LogP contribution in [-0.4, -0.2) is 19.6 Å². The molecule has 0 radical (unpaired) electrons. The number of aliphatic hydroxyl groups excluding tert-OH is 1. The van der Waals surface area contributed by atoms with E-state index in [0.717, 1.165) is 49.9 Å². The van der Waals surface area contributed by atoms with Crippen LogP contribution in [0.1, 0.15) is 11.1 Å². The molecule has 0 fully saturated rings. The Kier molecular flexibility index (Phi) is 6.69. The average molecular weight is 651 g/mol. The number of nitrogens with zero attached hydrogens (tertiary/aromatic N) is 3. The fourth-order valence-electron chi connectivity index (χ4n) is 4.37. The molecule has 6 heteroatoms. The van der Waals surface area contributed by atoms with Crippen molar-refractivity contribution >= 4 is 21.8 Å². The van der Waals surface area contributed by atoms with Gasteiger partial charge in [-0.25, -0.2) is 21.1 Å². The largest absolute Gasteiger partial charge is 2.00 e. The SMILES string of the molecule is Cc1cc(Oc2ccccn2)[c-]c(-c2[c-]c3c(cc2)c2cc(CO)ccc2n3-c2ccccn2)c1.[Pt+2]. The monoisotopic (exact) mass is 650 g/mol. The minimum Gasteiger partial charge on any atom is -0.460 e. The first-order valence-electron chi connectivity index (χ1n) is 11.3. The maximum absolute atomic E-state index is 9.70. The zero-order valence-electron chi connectivity index (χ0n) is 19.4. The molecule has 3 heterocycles. The van der Waals surface area contributed by atoms with E-state index in [1.807, 2.05) is 73.7 Å². The molecule has 1 N–H and O–H groups in total. The molecule has 0 saturated carbocycles. The number of hydrogen-bond acceptors (Lipinski definition) is 4. The summed E-state index contributed by atoms with van der Waals surface area (Å²) >= 11 is 0. The second-order valence-corrected chi connectivity index (χ2v) is 8.37. The van der Waals surface area contributed by atoms with Crippen LogP contribution >= 0.6 is 0 Å². The Morgan fingerprint density at radius 3 is 2.42 bits per heavy atom. The van der Waals surface area contributed by atoms with E-state index in [0.29, 0.717) is 11.6 Å². The Morgan fingerprint density at radius 1 is 0.833 bits per heavy atom. The number of hydrogen-bond donors (Lipinski definition) is 1. The minimum atomic E-state index is -0.00863. The summed E-state index contributed by atoms with van der Waals surface area (Å²) in [4.78, 5) is 8.85. The molecule has 0 bridgehead atoms. The molecule has 6 aromatic rings. The van der Waals surface area contributed by atoms with Crippen molar-refractivity contribution in [3.63, 3.8) is 0 Å². The van der Waals surface area contributed by atoms with Gasteiger partial charge in [0.1, 0.15) is 5.82 Å². The standard InChI is InChI=1S/C30H21N3O2.Pt/c1-20-14-23(17-24(15-20)35-30-7-3-5-13-32-30)22-9-10-25-26-16-21(19-34)8-11-27(26)33(28(25)18-22)29-6-2-4-12-31-29;/h2-16,34H,19H2,1H3;/q-2;+2. The Hall–Kier alpha value is -3.79. The van der Waals surface area contributed by atoms with Gasteiger partial charge in [0, 0.05) is 29.7 Å². The second-order valence-electron chi connectivity index (χ2n) is 8.37. The van der Waals surface area contributed by atoms with Crippen molar-refractivity contribution in [2.75, 3.05) is 0 Å². The summed E-state index contributed by atoms with van der Waals surface area (Å²) in [6, 6.07) is 32.6. The number of aliphatic hydroxyl groups is 1. The minimum absolute atomic E-state index is 0. The third-order valence-corrected chi connectivity index (χ3v) is 5.93. The molecule has 0 aliphatic rings. The van der Waals surface area contributed by atoms with E-state index < -0.39 is 0 Å². The molecule has 0 amide bonds. The predicted octanol–water partition coefficient (Wildman–Crippen LogP) is 6.43. The summed E-state index contributed by atoms with van der Waals surface area (Å²) in [5, 5.41) is 11.8. The number of aromatic nitrogens is 3. The molecule has 0 unspecified atom stereocenters. The smallest absolute Gasteiger partial charge is 0.460 e. The molecular weight excluding hydrogens is 629 g/mol. The molecule has 3 aromatic carbocycles. The van der Waals surface area contributed by atoms with Crippen LogP contribution in [0.5, 0.6) is 11.6 Å². The van der Waals surface area contributed by atoms with Gasteiger partial charge in [-0.15, -0.1) is 17.7 Å². The maximum Gasteiger partial charge on any atom is 2.00 e. The van der Waals surface area contributed by atoms with E-state index in [4.69, 9.17) is 4.74 Å². The first-order chi connectivity index (χ1) is 17.2. The second kappa shape index (κ2) is 10.1. The van der Waals surface area contributed by atoms with Crippen molar-refractivity contribution in [1.29, 1.82) is 0 Å². The van der Waals surface area contributed by atoms with Gasteiger partial charge in [0.15, 0.2) is 0 Å². The van der Waals surface area contributed by atoms with Crippen LogP contribution in [-0.2, 0) is 27.7 Å². The number of pyridine rings is 2. The van der Waals surface area contributed by atoms with Crippen LogP contribution in [0.2, 0.25) is 0 Å². The molecule has 0 atom stereocenters. The van der Waals surface area contributed by atoms with Crippen LogP contribution < -0.4 is 4.74 Å². The predicted molar refractivity (Wildman–Crippen MR) is 137 cm³/mol. The molecule has 5 nitrogen and oxygen atoms in total. The van der Waals surface area contributed by atoms with Crippen LogP contribution in [0.4, 0.5) is 0 Å². The number of rotatable bonds is 5. The zero-order valence-corrected chi connectivity index (χ0v) is 21.7. The summed E-state index contributed by atoms with van der Waals surface area (Å²) in [5.74, 6) is 1.93. The zero-order chi connectivity index (χ0) is 23.8. The number of benzene rings is 3. The van der Waals surface area contributed by atoms with Crippen molar-refractivity contribution < 1.29 is 30.9 Å². The Morgan fingerprint density at radius 2 is 1.67 bits per heavy atom. The van der Waals surface area contributed by atoms with Crippen molar-refractivity contribution in [2.45, 2.75) is 13.5 Å². The van der Waals surface area contributed by atoms with Crippen LogP contribution in [0.3, 0.4) is 0 Å². The summed E-state index contributed by atoms with van der Waals surface area (Å²) in [6.07, 6.45) is 3.49. The molecule has 6 rings (SSSR count). The summed E-state index contributed by atoms with van der Waals surface area (Å²) in [5.41, 5.74) is 5.62. The van der Waals surface area contributed by atoms with E-state index in [9.17, 15) is 5.11 Å². The van der Waals surface area contributed by atoms with Crippen molar-refractivity contribution in [3.8, 4) is 28.6 Å². The van der Waals surface area contributed by atoms with E-state index in [1.165, 1.54) is 0 Å². The van der Waals surface area contributed by atoms with Gasteiger partial charge in [-0.1, -0.05) is 42.6 Å². The fraction of sp³-hybridized carbons (Fsp3) is 0.0667. The third-order valence-electron chi connectivity index (χ3n) is 5.93. The summed E-state index contributed by atoms with van der Waals surface area (Å²) in [7, 11) is 0. The normalized spacial score (nSPS) is 10.9. The fourth-order valence-corrected chi connectivity index (χ4v) is 4.37. The molecule has 0 aliphatic carbocycles. The number of aryl methyl sites for hydroxylation is 1. The van der Waals surface area contributed by atoms with Crippen molar-refractivity contribution in [2.24, 2.45) is 0 Å². The summed E-state index contributed by atoms with van der Waals surface area (Å²) < 4.78 is 8.06. The molecule has 0 aliphatic heterocycles. The van der Waals surface area contributed by atoms with Gasteiger partial charge in [0.05, 0.1) is 6.61 Å². The van der Waals surface area contributed by atoms with Crippen LogP contribution in [0.25, 0.3) is 38.8 Å². The van der Waals surface area contributed by atoms with Gasteiger partial charge in [0.25, 0.3) is 0 Å². The Labute approximate surface area is 223 Å². The molecule has 0 spiro atoms. The molecule has 178 valence electrons. The first kappa shape index (κ1) is 23.9. The van der Waals surface area contributed by atoms with Gasteiger partial charge in [-0.2, -0.15) is 18.2 Å². The summed E-state index contributed by atoms with van der Waals surface area (Å²) in [6.45, 7) is 2.02. The van der Waals surface area contributed by atoms with Gasteiger partial charge in [-0.05, 0) is 40.7 Å². The van der Waals surface area contributed by atoms with Gasteiger partial charge in [-0.3, -0.25) is 0 Å². The van der Waals surface area contributed by atoms with E-state index in [2.05, 4.69) is 38.8 Å². The van der Waals surface area contributed by atoms with Crippen LogP contribution in [0, 0.1) is 19.1 Å². The van der Waals surface area contributed by atoms with Gasteiger partial charge in [0.2, 0.25) is 5.88 Å². The topological polar surface area (TPSA) is 60.2 Å². The number of fused-ring (bicyclic) bond motifs is 3. The average Bonchev–Trinajstić information content (AvgIpc) is 3.22. The van der Waals surface area contributed by atoms with Gasteiger partial charge < -0.3 is 14.4 Å². The van der Waals surface area contributed by atoms with Gasteiger partial charge >= 0.3 is 21.1 Å². The number of ether oxygens (including phenoxy) is 1. The Balaban J connectivity index is 0.00000267. The van der Waals surface area contributed by atoms with Crippen molar-refractivity contribution in [3.05, 3.63) is 115 Å². The van der Waals surface area contributed by atoms with E-state index >= 15 is 0 Å². The molecule has 36 heavy (non-hydrogen) atoms. The van der Waals surface area contributed by atoms with E-state index in [1.54, 1.807) is 12.4 Å². The molecular formula is C30H21N3O2Pt.